The standard InChI is InChI=1S/C12H13ClF3NO2/c1-7-5-9(3-4-10(7)13)19-8(2)11(18)17-6-12(14,15)16/h3-5,8H,6H2,1-2H3,(H,17,18). The molecule has 1 atom stereocenters. The zero-order chi connectivity index (χ0) is 14.6. The molecule has 0 bridgehead atoms. The number of carbonyl (C=O) groups excluding carboxylic acids is 1. The number of rotatable bonds is 4. The summed E-state index contributed by atoms with van der Waals surface area (Å²) in [6, 6.07) is 4.74. The van der Waals surface area contributed by atoms with Crippen molar-refractivity contribution in [1.82, 2.24) is 5.32 Å². The topological polar surface area (TPSA) is 38.3 Å². The summed E-state index contributed by atoms with van der Waals surface area (Å²) in [7, 11) is 0. The molecule has 0 aliphatic rings. The highest BCUT2D eigenvalue weighted by molar-refractivity contribution is 6.31. The van der Waals surface area contributed by atoms with Crippen LogP contribution < -0.4 is 10.1 Å². The lowest BCUT2D eigenvalue weighted by Crippen LogP contribution is -2.41. The number of carbonyl (C=O) groups is 1. The number of nitrogens with one attached hydrogen (secondary N) is 1. The van der Waals surface area contributed by atoms with Crippen LogP contribution >= 0.6 is 11.6 Å². The highest BCUT2D eigenvalue weighted by atomic mass is 35.5. The van der Waals surface area contributed by atoms with Gasteiger partial charge in [-0.25, -0.2) is 0 Å². The third-order valence-electron chi connectivity index (χ3n) is 2.27. The maximum absolute atomic E-state index is 11.9. The lowest BCUT2D eigenvalue weighted by atomic mass is 10.2. The lowest BCUT2D eigenvalue weighted by Gasteiger charge is -2.16. The number of alkyl halides is 3. The number of hydrogen-bond acceptors (Lipinski definition) is 2. The second-order valence-corrected chi connectivity index (χ2v) is 4.41. The number of amides is 1. The molecule has 0 aliphatic heterocycles. The molecule has 0 saturated carbocycles. The van der Waals surface area contributed by atoms with E-state index in [-0.39, 0.29) is 0 Å². The van der Waals surface area contributed by atoms with E-state index in [2.05, 4.69) is 0 Å². The van der Waals surface area contributed by atoms with Gasteiger partial charge < -0.3 is 10.1 Å². The minimum absolute atomic E-state index is 0.372. The highest BCUT2D eigenvalue weighted by Crippen LogP contribution is 2.22. The average molecular weight is 296 g/mol. The third kappa shape index (κ3) is 5.38. The Bertz CT molecular complexity index is 463. The largest absolute Gasteiger partial charge is 0.481 e. The fraction of sp³-hybridized carbons (Fsp3) is 0.417. The van der Waals surface area contributed by atoms with Crippen LogP contribution in [0.25, 0.3) is 0 Å². The number of ether oxygens (including phenoxy) is 1. The van der Waals surface area contributed by atoms with E-state index in [0.29, 0.717) is 10.8 Å². The van der Waals surface area contributed by atoms with Gasteiger partial charge in [0.05, 0.1) is 0 Å². The molecule has 1 unspecified atom stereocenters. The van der Waals surface area contributed by atoms with E-state index in [1.165, 1.54) is 6.92 Å². The number of aryl methyl sites for hydroxylation is 1. The van der Waals surface area contributed by atoms with Gasteiger partial charge in [0, 0.05) is 5.02 Å². The van der Waals surface area contributed by atoms with Crippen molar-refractivity contribution < 1.29 is 22.7 Å². The summed E-state index contributed by atoms with van der Waals surface area (Å²) in [4.78, 5) is 11.4. The molecule has 0 heterocycles. The summed E-state index contributed by atoms with van der Waals surface area (Å²) in [6.45, 7) is 1.75. The van der Waals surface area contributed by atoms with Crippen LogP contribution in [-0.4, -0.2) is 24.7 Å². The van der Waals surface area contributed by atoms with Crippen LogP contribution in [0.15, 0.2) is 18.2 Å². The summed E-state index contributed by atoms with van der Waals surface area (Å²) in [5.74, 6) is -0.457. The van der Waals surface area contributed by atoms with E-state index in [9.17, 15) is 18.0 Å². The minimum atomic E-state index is -4.44. The maximum Gasteiger partial charge on any atom is 0.405 e. The molecule has 1 aromatic carbocycles. The Labute approximate surface area is 113 Å². The molecule has 0 radical (unpaired) electrons. The van der Waals surface area contributed by atoms with E-state index in [0.717, 1.165) is 5.56 Å². The molecule has 0 saturated heterocycles. The first kappa shape index (κ1) is 15.6. The molecular weight excluding hydrogens is 283 g/mol. The molecule has 106 valence electrons. The van der Waals surface area contributed by atoms with E-state index < -0.39 is 24.7 Å². The maximum atomic E-state index is 11.9. The molecular formula is C12H13ClF3NO2. The normalized spacial score (nSPS) is 12.9. The van der Waals surface area contributed by atoms with Gasteiger partial charge in [-0.05, 0) is 37.6 Å². The Morgan fingerprint density at radius 2 is 2.11 bits per heavy atom. The fourth-order valence-electron chi connectivity index (χ4n) is 1.28. The van der Waals surface area contributed by atoms with Crippen molar-refractivity contribution in [3.05, 3.63) is 28.8 Å². The van der Waals surface area contributed by atoms with Crippen LogP contribution in [0.5, 0.6) is 5.75 Å². The Balaban J connectivity index is 2.56. The fourth-order valence-corrected chi connectivity index (χ4v) is 1.40. The van der Waals surface area contributed by atoms with Gasteiger partial charge in [-0.1, -0.05) is 11.6 Å². The van der Waals surface area contributed by atoms with Crippen molar-refractivity contribution in [3.8, 4) is 5.75 Å². The number of benzene rings is 1. The van der Waals surface area contributed by atoms with Gasteiger partial charge in [-0.3, -0.25) is 4.79 Å². The van der Waals surface area contributed by atoms with Gasteiger partial charge in [0.15, 0.2) is 6.10 Å². The Hall–Kier alpha value is -1.43. The van der Waals surface area contributed by atoms with E-state index in [4.69, 9.17) is 16.3 Å². The zero-order valence-corrected chi connectivity index (χ0v) is 11.1. The summed E-state index contributed by atoms with van der Waals surface area (Å²) in [6.07, 6.45) is -5.46. The zero-order valence-electron chi connectivity index (χ0n) is 10.3. The van der Waals surface area contributed by atoms with Gasteiger partial charge in [-0.15, -0.1) is 0 Å². The Morgan fingerprint density at radius 3 is 2.63 bits per heavy atom. The Kier molecular flexibility index (Phi) is 5.05. The molecule has 7 heteroatoms. The van der Waals surface area contributed by atoms with Gasteiger partial charge in [0.1, 0.15) is 12.3 Å². The van der Waals surface area contributed by atoms with Gasteiger partial charge in [-0.2, -0.15) is 13.2 Å². The molecule has 0 aromatic heterocycles. The van der Waals surface area contributed by atoms with Crippen molar-refractivity contribution in [1.29, 1.82) is 0 Å². The first-order valence-electron chi connectivity index (χ1n) is 5.46. The summed E-state index contributed by atoms with van der Waals surface area (Å²) in [5, 5.41) is 2.30. The SMILES string of the molecule is Cc1cc(OC(C)C(=O)NCC(F)(F)F)ccc1Cl. The quantitative estimate of drug-likeness (QED) is 0.927. The second kappa shape index (κ2) is 6.14. The molecule has 0 spiro atoms. The second-order valence-electron chi connectivity index (χ2n) is 4.00. The molecule has 1 rings (SSSR count). The van der Waals surface area contributed by atoms with Crippen LogP contribution in [-0.2, 0) is 4.79 Å². The molecule has 3 nitrogen and oxygen atoms in total. The lowest BCUT2D eigenvalue weighted by molar-refractivity contribution is -0.142. The molecule has 0 fully saturated rings. The van der Waals surface area contributed by atoms with Crippen molar-refractivity contribution >= 4 is 17.5 Å². The first-order valence-corrected chi connectivity index (χ1v) is 5.84. The third-order valence-corrected chi connectivity index (χ3v) is 2.70. The summed E-state index contributed by atoms with van der Waals surface area (Å²) >= 11 is 5.82. The molecule has 0 aliphatic carbocycles. The Morgan fingerprint density at radius 1 is 1.47 bits per heavy atom. The monoisotopic (exact) mass is 295 g/mol. The van der Waals surface area contributed by atoms with Crippen LogP contribution in [0.3, 0.4) is 0 Å². The minimum Gasteiger partial charge on any atom is -0.481 e. The van der Waals surface area contributed by atoms with E-state index >= 15 is 0 Å². The predicted octanol–water partition coefficient (Wildman–Crippen LogP) is 3.09. The van der Waals surface area contributed by atoms with Crippen LogP contribution in [0.2, 0.25) is 5.02 Å². The van der Waals surface area contributed by atoms with Crippen molar-refractivity contribution in [3.63, 3.8) is 0 Å². The molecule has 1 amide bonds. The van der Waals surface area contributed by atoms with Crippen LogP contribution in [0, 0.1) is 6.92 Å². The van der Waals surface area contributed by atoms with Gasteiger partial charge in [0.25, 0.3) is 5.91 Å². The van der Waals surface area contributed by atoms with E-state index in [1.807, 2.05) is 0 Å². The number of hydrogen-bond donors (Lipinski definition) is 1. The summed E-state index contributed by atoms with van der Waals surface area (Å²) in [5.41, 5.74) is 0.752. The van der Waals surface area contributed by atoms with Crippen molar-refractivity contribution in [2.75, 3.05) is 6.54 Å². The number of halogens is 4. The molecule has 1 N–H and O–H groups in total. The van der Waals surface area contributed by atoms with E-state index in [1.54, 1.807) is 30.4 Å². The van der Waals surface area contributed by atoms with Crippen molar-refractivity contribution in [2.24, 2.45) is 0 Å². The molecule has 1 aromatic rings. The highest BCUT2D eigenvalue weighted by Gasteiger charge is 2.29. The van der Waals surface area contributed by atoms with Crippen LogP contribution in [0.1, 0.15) is 12.5 Å². The van der Waals surface area contributed by atoms with Gasteiger partial charge in [0.2, 0.25) is 0 Å². The first-order chi connectivity index (χ1) is 8.69. The van der Waals surface area contributed by atoms with Crippen molar-refractivity contribution in [2.45, 2.75) is 26.1 Å². The van der Waals surface area contributed by atoms with Crippen LogP contribution in [0.4, 0.5) is 13.2 Å². The van der Waals surface area contributed by atoms with Gasteiger partial charge >= 0.3 is 6.18 Å². The summed E-state index contributed by atoms with van der Waals surface area (Å²) < 4.78 is 41.0. The predicted molar refractivity (Wildman–Crippen MR) is 65.3 cm³/mol. The smallest absolute Gasteiger partial charge is 0.405 e. The average Bonchev–Trinajstić information content (AvgIpc) is 2.29. The molecule has 19 heavy (non-hydrogen) atoms.